The van der Waals surface area contributed by atoms with Gasteiger partial charge in [-0.3, -0.25) is 9.78 Å². The number of amides is 1. The number of aryl methyl sites for hydroxylation is 1. The lowest BCUT2D eigenvalue weighted by molar-refractivity contribution is 0.0954. The van der Waals surface area contributed by atoms with Crippen LogP contribution in [0.4, 0.5) is 0 Å². The molecule has 0 bridgehead atoms. The number of carbonyl (C=O) groups excluding carboxylic acids is 1. The predicted molar refractivity (Wildman–Crippen MR) is 91.2 cm³/mol. The molecule has 112 valence electrons. The molecule has 0 unspecified atom stereocenters. The molecule has 0 radical (unpaired) electrons. The highest BCUT2D eigenvalue weighted by atomic mass is 32.1. The van der Waals surface area contributed by atoms with E-state index in [0.29, 0.717) is 6.54 Å². The third kappa shape index (κ3) is 3.02. The molecule has 0 saturated heterocycles. The smallest absolute Gasteiger partial charge is 0.261 e. The standard InChI is InChI=1S/C18H18N2OS/c1-2-5-15-14-6-3-4-7-16(14)22-17(15)18(21)20-12-13-8-10-19-11-9-13/h3-4,6-11H,2,5,12H2,1H3,(H,20,21). The van der Waals surface area contributed by atoms with Crippen LogP contribution < -0.4 is 5.32 Å². The number of thiophene rings is 1. The van der Waals surface area contributed by atoms with Crippen molar-refractivity contribution in [2.45, 2.75) is 26.3 Å². The quantitative estimate of drug-likeness (QED) is 0.768. The maximum Gasteiger partial charge on any atom is 0.261 e. The van der Waals surface area contributed by atoms with Gasteiger partial charge in [-0.2, -0.15) is 0 Å². The minimum atomic E-state index is 0.0152. The molecule has 1 amide bonds. The summed E-state index contributed by atoms with van der Waals surface area (Å²) in [4.78, 5) is 17.4. The van der Waals surface area contributed by atoms with Crippen molar-refractivity contribution >= 4 is 27.3 Å². The molecule has 3 rings (SSSR count). The van der Waals surface area contributed by atoms with E-state index in [0.717, 1.165) is 23.3 Å². The van der Waals surface area contributed by atoms with E-state index in [-0.39, 0.29) is 5.91 Å². The largest absolute Gasteiger partial charge is 0.347 e. The number of pyridine rings is 1. The second kappa shape index (κ2) is 6.71. The monoisotopic (exact) mass is 310 g/mol. The van der Waals surface area contributed by atoms with E-state index in [1.807, 2.05) is 24.3 Å². The van der Waals surface area contributed by atoms with Crippen molar-refractivity contribution in [2.75, 3.05) is 0 Å². The summed E-state index contributed by atoms with van der Waals surface area (Å²) in [6, 6.07) is 12.1. The van der Waals surface area contributed by atoms with E-state index in [2.05, 4.69) is 29.4 Å². The molecule has 0 aliphatic heterocycles. The van der Waals surface area contributed by atoms with Crippen LogP contribution >= 0.6 is 11.3 Å². The first kappa shape index (κ1) is 14.7. The zero-order valence-corrected chi connectivity index (χ0v) is 13.3. The summed E-state index contributed by atoms with van der Waals surface area (Å²) < 4.78 is 1.18. The molecule has 4 heteroatoms. The number of nitrogens with one attached hydrogen (secondary N) is 1. The van der Waals surface area contributed by atoms with Gasteiger partial charge in [0.25, 0.3) is 5.91 Å². The molecule has 0 spiro atoms. The Bertz CT molecular complexity index is 780. The number of hydrogen-bond acceptors (Lipinski definition) is 3. The van der Waals surface area contributed by atoms with Gasteiger partial charge in [0.15, 0.2) is 0 Å². The van der Waals surface area contributed by atoms with Gasteiger partial charge in [-0.05, 0) is 41.1 Å². The Morgan fingerprint density at radius 1 is 1.18 bits per heavy atom. The average Bonchev–Trinajstić information content (AvgIpc) is 2.93. The number of nitrogens with zero attached hydrogens (tertiary/aromatic N) is 1. The van der Waals surface area contributed by atoms with Gasteiger partial charge in [0.2, 0.25) is 0 Å². The maximum atomic E-state index is 12.6. The van der Waals surface area contributed by atoms with E-state index in [4.69, 9.17) is 0 Å². The maximum absolute atomic E-state index is 12.6. The van der Waals surface area contributed by atoms with E-state index in [1.54, 1.807) is 23.7 Å². The molecule has 1 aromatic carbocycles. The van der Waals surface area contributed by atoms with Crippen molar-refractivity contribution in [2.24, 2.45) is 0 Å². The van der Waals surface area contributed by atoms with E-state index >= 15 is 0 Å². The highest BCUT2D eigenvalue weighted by Crippen LogP contribution is 2.32. The lowest BCUT2D eigenvalue weighted by Gasteiger charge is -2.06. The van der Waals surface area contributed by atoms with E-state index < -0.39 is 0 Å². The normalized spacial score (nSPS) is 10.8. The fourth-order valence-corrected chi connectivity index (χ4v) is 3.71. The minimum absolute atomic E-state index is 0.0152. The molecule has 0 atom stereocenters. The zero-order chi connectivity index (χ0) is 15.4. The Labute approximate surface area is 134 Å². The summed E-state index contributed by atoms with van der Waals surface area (Å²) in [5, 5.41) is 4.23. The second-order valence-corrected chi connectivity index (χ2v) is 6.25. The third-order valence-electron chi connectivity index (χ3n) is 3.61. The molecule has 2 aromatic heterocycles. The van der Waals surface area contributed by atoms with Crippen molar-refractivity contribution in [1.82, 2.24) is 10.3 Å². The predicted octanol–water partition coefficient (Wildman–Crippen LogP) is 4.18. The summed E-state index contributed by atoms with van der Waals surface area (Å²) in [6.45, 7) is 2.67. The second-order valence-electron chi connectivity index (χ2n) is 5.19. The number of aromatic nitrogens is 1. The SMILES string of the molecule is CCCc1c(C(=O)NCc2ccncc2)sc2ccccc12. The van der Waals surface area contributed by atoms with Gasteiger partial charge in [-0.15, -0.1) is 11.3 Å². The number of carbonyl (C=O) groups is 1. The summed E-state index contributed by atoms with van der Waals surface area (Å²) >= 11 is 1.58. The van der Waals surface area contributed by atoms with Crippen molar-refractivity contribution in [3.63, 3.8) is 0 Å². The highest BCUT2D eigenvalue weighted by Gasteiger charge is 2.17. The molecule has 0 aliphatic carbocycles. The molecule has 3 nitrogen and oxygen atoms in total. The average molecular weight is 310 g/mol. The van der Waals surface area contributed by atoms with Gasteiger partial charge in [-0.1, -0.05) is 31.5 Å². The van der Waals surface area contributed by atoms with Crippen LogP contribution in [0.3, 0.4) is 0 Å². The summed E-state index contributed by atoms with van der Waals surface area (Å²) in [7, 11) is 0. The van der Waals surface area contributed by atoms with Crippen LogP contribution in [0.2, 0.25) is 0 Å². The van der Waals surface area contributed by atoms with Gasteiger partial charge >= 0.3 is 0 Å². The van der Waals surface area contributed by atoms with Crippen LogP contribution in [0.15, 0.2) is 48.8 Å². The Morgan fingerprint density at radius 2 is 1.95 bits per heavy atom. The molecule has 0 saturated carbocycles. The molecule has 0 aliphatic rings. The third-order valence-corrected chi connectivity index (χ3v) is 4.82. The lowest BCUT2D eigenvalue weighted by atomic mass is 10.1. The molecule has 2 heterocycles. The Kier molecular flexibility index (Phi) is 4.49. The van der Waals surface area contributed by atoms with E-state index in [1.165, 1.54) is 15.6 Å². The number of benzene rings is 1. The van der Waals surface area contributed by atoms with Crippen LogP contribution in [-0.2, 0) is 13.0 Å². The number of rotatable bonds is 5. The Morgan fingerprint density at radius 3 is 2.73 bits per heavy atom. The van der Waals surface area contributed by atoms with Gasteiger partial charge in [0.05, 0.1) is 4.88 Å². The Balaban J connectivity index is 1.85. The van der Waals surface area contributed by atoms with Crippen LogP contribution in [0, 0.1) is 0 Å². The molecule has 22 heavy (non-hydrogen) atoms. The first-order valence-corrected chi connectivity index (χ1v) is 8.28. The molecular formula is C18H18N2OS. The van der Waals surface area contributed by atoms with Gasteiger partial charge < -0.3 is 5.32 Å². The zero-order valence-electron chi connectivity index (χ0n) is 12.5. The van der Waals surface area contributed by atoms with Crippen molar-refractivity contribution in [1.29, 1.82) is 0 Å². The molecule has 1 N–H and O–H groups in total. The lowest BCUT2D eigenvalue weighted by Crippen LogP contribution is -2.22. The van der Waals surface area contributed by atoms with Gasteiger partial charge in [-0.25, -0.2) is 0 Å². The van der Waals surface area contributed by atoms with Crippen molar-refractivity contribution in [3.05, 3.63) is 64.8 Å². The fourth-order valence-electron chi connectivity index (χ4n) is 2.54. The van der Waals surface area contributed by atoms with Gasteiger partial charge in [0.1, 0.15) is 0 Å². The summed E-state index contributed by atoms with van der Waals surface area (Å²) in [5.74, 6) is 0.0152. The minimum Gasteiger partial charge on any atom is -0.347 e. The summed E-state index contributed by atoms with van der Waals surface area (Å²) in [6.07, 6.45) is 5.44. The molecular weight excluding hydrogens is 292 g/mol. The number of hydrogen-bond donors (Lipinski definition) is 1. The van der Waals surface area contributed by atoms with Gasteiger partial charge in [0, 0.05) is 23.6 Å². The summed E-state index contributed by atoms with van der Waals surface area (Å²) in [5.41, 5.74) is 2.23. The van der Waals surface area contributed by atoms with E-state index in [9.17, 15) is 4.79 Å². The molecule has 0 fully saturated rings. The van der Waals surface area contributed by atoms with Crippen molar-refractivity contribution < 1.29 is 4.79 Å². The van der Waals surface area contributed by atoms with Crippen LogP contribution in [-0.4, -0.2) is 10.9 Å². The van der Waals surface area contributed by atoms with Crippen LogP contribution in [0.5, 0.6) is 0 Å². The molecule has 3 aromatic rings. The van der Waals surface area contributed by atoms with Crippen LogP contribution in [0.25, 0.3) is 10.1 Å². The van der Waals surface area contributed by atoms with Crippen LogP contribution in [0.1, 0.15) is 34.1 Å². The topological polar surface area (TPSA) is 42.0 Å². The highest BCUT2D eigenvalue weighted by molar-refractivity contribution is 7.21. The first-order chi connectivity index (χ1) is 10.8. The number of fused-ring (bicyclic) bond motifs is 1. The fraction of sp³-hybridized carbons (Fsp3) is 0.222. The Hall–Kier alpha value is -2.20. The van der Waals surface area contributed by atoms with Crippen molar-refractivity contribution in [3.8, 4) is 0 Å². The first-order valence-electron chi connectivity index (χ1n) is 7.47.